The molecule has 2 atom stereocenters. The van der Waals surface area contributed by atoms with Crippen molar-refractivity contribution in [2.75, 3.05) is 0 Å². The Bertz CT molecular complexity index is 330. The zero-order chi connectivity index (χ0) is 14.1. The molecule has 2 fully saturated rings. The molecule has 0 saturated heterocycles. The Morgan fingerprint density at radius 1 is 1.26 bits per heavy atom. The molecule has 0 aromatic heterocycles. The molecule has 2 rings (SSSR count). The highest BCUT2D eigenvalue weighted by Crippen LogP contribution is 2.48. The summed E-state index contributed by atoms with van der Waals surface area (Å²) in [5, 5.41) is 3.11. The predicted octanol–water partition coefficient (Wildman–Crippen LogP) is 2.95. The van der Waals surface area contributed by atoms with E-state index in [4.69, 9.17) is 10.5 Å². The molecule has 4 nitrogen and oxygen atoms in total. The highest BCUT2D eigenvalue weighted by atomic mass is 16.6. The molecule has 4 heteroatoms. The largest absolute Gasteiger partial charge is 0.444 e. The van der Waals surface area contributed by atoms with Gasteiger partial charge in [0.1, 0.15) is 5.60 Å². The number of alkyl carbamates (subject to hydrolysis) is 1. The van der Waals surface area contributed by atoms with Gasteiger partial charge in [-0.2, -0.15) is 0 Å². The minimum Gasteiger partial charge on any atom is -0.444 e. The van der Waals surface area contributed by atoms with Gasteiger partial charge in [-0.3, -0.25) is 0 Å². The van der Waals surface area contributed by atoms with Crippen molar-refractivity contribution in [2.45, 2.75) is 83.4 Å². The summed E-state index contributed by atoms with van der Waals surface area (Å²) in [5.74, 6) is 0. The lowest BCUT2D eigenvalue weighted by molar-refractivity contribution is 0.0374. The molecule has 19 heavy (non-hydrogen) atoms. The summed E-state index contributed by atoms with van der Waals surface area (Å²) in [4.78, 5) is 12.0. The Morgan fingerprint density at radius 2 is 1.89 bits per heavy atom. The van der Waals surface area contributed by atoms with E-state index in [0.717, 1.165) is 19.3 Å². The quantitative estimate of drug-likeness (QED) is 0.768. The van der Waals surface area contributed by atoms with Crippen molar-refractivity contribution < 1.29 is 9.53 Å². The number of nitrogens with one attached hydrogen (secondary N) is 1. The third kappa shape index (κ3) is 3.62. The van der Waals surface area contributed by atoms with Gasteiger partial charge in [0.2, 0.25) is 0 Å². The third-order valence-electron chi connectivity index (χ3n) is 4.52. The van der Waals surface area contributed by atoms with Gasteiger partial charge >= 0.3 is 6.09 Å². The summed E-state index contributed by atoms with van der Waals surface area (Å²) in [6.45, 7) is 5.69. The molecule has 2 unspecified atom stereocenters. The van der Waals surface area contributed by atoms with E-state index in [1.54, 1.807) is 0 Å². The maximum Gasteiger partial charge on any atom is 0.407 e. The molecular weight excluding hydrogens is 240 g/mol. The summed E-state index contributed by atoms with van der Waals surface area (Å²) in [6, 6.07) is 0.541. The van der Waals surface area contributed by atoms with Crippen LogP contribution < -0.4 is 11.1 Å². The van der Waals surface area contributed by atoms with Gasteiger partial charge in [-0.25, -0.2) is 4.79 Å². The second kappa shape index (κ2) is 5.31. The van der Waals surface area contributed by atoms with Crippen LogP contribution in [-0.4, -0.2) is 23.8 Å². The molecule has 1 amide bonds. The molecule has 1 spiro atoms. The average Bonchev–Trinajstić information content (AvgIpc) is 2.69. The van der Waals surface area contributed by atoms with E-state index in [1.807, 2.05) is 20.8 Å². The summed E-state index contributed by atoms with van der Waals surface area (Å²) in [6.07, 6.45) is 7.68. The fraction of sp³-hybridized carbons (Fsp3) is 0.933. The molecular formula is C15H28N2O2. The molecule has 0 heterocycles. The van der Waals surface area contributed by atoms with Gasteiger partial charge in [0.05, 0.1) is 0 Å². The van der Waals surface area contributed by atoms with Gasteiger partial charge in [-0.05, 0) is 58.3 Å². The molecule has 0 aromatic rings. The molecule has 0 aliphatic heterocycles. The fourth-order valence-electron chi connectivity index (χ4n) is 3.76. The van der Waals surface area contributed by atoms with Gasteiger partial charge in [0.15, 0.2) is 0 Å². The maximum absolute atomic E-state index is 12.0. The van der Waals surface area contributed by atoms with E-state index in [9.17, 15) is 4.79 Å². The van der Waals surface area contributed by atoms with Crippen LogP contribution in [0.3, 0.4) is 0 Å². The average molecular weight is 268 g/mol. The Labute approximate surface area is 116 Å². The van der Waals surface area contributed by atoms with Crippen LogP contribution in [0.2, 0.25) is 0 Å². The van der Waals surface area contributed by atoms with Gasteiger partial charge in [0.25, 0.3) is 0 Å². The van der Waals surface area contributed by atoms with Crippen LogP contribution >= 0.6 is 0 Å². The van der Waals surface area contributed by atoms with Crippen molar-refractivity contribution in [3.05, 3.63) is 0 Å². The standard InChI is InChI=1S/C15H28N2O2/c1-14(2,3)19-13(18)17-12-7-6-11(16)10-15(12)8-4-5-9-15/h11-12H,4-10,16H2,1-3H3,(H,17,18). The number of amides is 1. The van der Waals surface area contributed by atoms with Crippen LogP contribution in [0.1, 0.15) is 65.7 Å². The first-order valence-corrected chi connectivity index (χ1v) is 7.56. The normalized spacial score (nSPS) is 30.3. The minimum atomic E-state index is -0.433. The van der Waals surface area contributed by atoms with Gasteiger partial charge < -0.3 is 15.8 Å². The lowest BCUT2D eigenvalue weighted by Gasteiger charge is -2.44. The zero-order valence-corrected chi connectivity index (χ0v) is 12.5. The van der Waals surface area contributed by atoms with Crippen molar-refractivity contribution in [3.8, 4) is 0 Å². The summed E-state index contributed by atoms with van der Waals surface area (Å²) >= 11 is 0. The summed E-state index contributed by atoms with van der Waals surface area (Å²) < 4.78 is 5.39. The third-order valence-corrected chi connectivity index (χ3v) is 4.52. The van der Waals surface area contributed by atoms with Crippen molar-refractivity contribution in [1.29, 1.82) is 0 Å². The predicted molar refractivity (Wildman–Crippen MR) is 75.9 cm³/mol. The van der Waals surface area contributed by atoms with E-state index >= 15 is 0 Å². The highest BCUT2D eigenvalue weighted by Gasteiger charge is 2.45. The van der Waals surface area contributed by atoms with Crippen molar-refractivity contribution in [3.63, 3.8) is 0 Å². The first-order chi connectivity index (χ1) is 8.81. The number of ether oxygens (including phenoxy) is 1. The molecule has 2 aliphatic carbocycles. The number of rotatable bonds is 1. The van der Waals surface area contributed by atoms with Crippen molar-refractivity contribution in [1.82, 2.24) is 5.32 Å². The highest BCUT2D eigenvalue weighted by molar-refractivity contribution is 5.68. The van der Waals surface area contributed by atoms with Crippen LogP contribution in [0.15, 0.2) is 0 Å². The van der Waals surface area contributed by atoms with E-state index in [2.05, 4.69) is 5.32 Å². The molecule has 3 N–H and O–H groups in total. The first-order valence-electron chi connectivity index (χ1n) is 7.56. The van der Waals surface area contributed by atoms with E-state index in [-0.39, 0.29) is 17.6 Å². The number of hydrogen-bond donors (Lipinski definition) is 2. The topological polar surface area (TPSA) is 64.3 Å². The number of nitrogens with two attached hydrogens (primary N) is 1. The van der Waals surface area contributed by atoms with Crippen LogP contribution in [-0.2, 0) is 4.74 Å². The maximum atomic E-state index is 12.0. The van der Waals surface area contributed by atoms with E-state index in [0.29, 0.717) is 6.04 Å². The molecule has 110 valence electrons. The fourth-order valence-corrected chi connectivity index (χ4v) is 3.76. The molecule has 0 bridgehead atoms. The van der Waals surface area contributed by atoms with E-state index in [1.165, 1.54) is 25.7 Å². The lowest BCUT2D eigenvalue weighted by atomic mass is 9.67. The Morgan fingerprint density at radius 3 is 2.47 bits per heavy atom. The smallest absolute Gasteiger partial charge is 0.407 e. The number of carbonyl (C=O) groups excluding carboxylic acids is 1. The minimum absolute atomic E-state index is 0.231. The lowest BCUT2D eigenvalue weighted by Crippen LogP contribution is -2.53. The SMILES string of the molecule is CC(C)(C)OC(=O)NC1CCC(N)CC12CCCC2. The zero-order valence-electron chi connectivity index (χ0n) is 12.5. The monoisotopic (exact) mass is 268 g/mol. The van der Waals surface area contributed by atoms with Crippen molar-refractivity contribution >= 4 is 6.09 Å². The summed E-state index contributed by atoms with van der Waals surface area (Å²) in [5.41, 5.74) is 5.94. The Kier molecular flexibility index (Phi) is 4.09. The van der Waals surface area contributed by atoms with Crippen LogP contribution in [0.25, 0.3) is 0 Å². The second-order valence-corrected chi connectivity index (χ2v) is 7.31. The van der Waals surface area contributed by atoms with Crippen LogP contribution in [0.5, 0.6) is 0 Å². The number of carbonyl (C=O) groups is 1. The first kappa shape index (κ1) is 14.6. The van der Waals surface area contributed by atoms with Gasteiger partial charge in [-0.1, -0.05) is 12.8 Å². The molecule has 2 aliphatic rings. The molecule has 0 radical (unpaired) electrons. The van der Waals surface area contributed by atoms with Crippen molar-refractivity contribution in [2.24, 2.45) is 11.1 Å². The molecule has 2 saturated carbocycles. The number of hydrogen-bond acceptors (Lipinski definition) is 3. The second-order valence-electron chi connectivity index (χ2n) is 7.31. The van der Waals surface area contributed by atoms with Gasteiger partial charge in [0, 0.05) is 12.1 Å². The van der Waals surface area contributed by atoms with Gasteiger partial charge in [-0.15, -0.1) is 0 Å². The van der Waals surface area contributed by atoms with Crippen LogP contribution in [0, 0.1) is 5.41 Å². The Hall–Kier alpha value is -0.770. The Balaban J connectivity index is 1.99. The van der Waals surface area contributed by atoms with E-state index < -0.39 is 5.60 Å². The van der Waals surface area contributed by atoms with Crippen LogP contribution in [0.4, 0.5) is 4.79 Å². The summed E-state index contributed by atoms with van der Waals surface area (Å²) in [7, 11) is 0. The molecule has 0 aromatic carbocycles.